The molecule has 27 heavy (non-hydrogen) atoms. The molecule has 1 heterocycles. The summed E-state index contributed by atoms with van der Waals surface area (Å²) in [5.74, 6) is -0.0420. The second kappa shape index (κ2) is 10.5. The quantitative estimate of drug-likeness (QED) is 0.499. The molecule has 0 radical (unpaired) electrons. The van der Waals surface area contributed by atoms with Crippen molar-refractivity contribution >= 4 is 28.6 Å². The van der Waals surface area contributed by atoms with Crippen LogP contribution in [0, 0.1) is 0 Å². The minimum absolute atomic E-state index is 0.0363. The summed E-state index contributed by atoms with van der Waals surface area (Å²) in [4.78, 5) is 32.2. The van der Waals surface area contributed by atoms with Crippen LogP contribution in [-0.4, -0.2) is 51.8 Å². The molecule has 2 aromatic rings. The minimum Gasteiger partial charge on any atom is -0.355 e. The van der Waals surface area contributed by atoms with Crippen molar-refractivity contribution in [2.45, 2.75) is 51.1 Å². The Bertz CT molecular complexity index is 817. The molecule has 0 unspecified atom stereocenters. The lowest BCUT2D eigenvalue weighted by atomic mass is 10.2. The second-order valence-electron chi connectivity index (χ2n) is 6.40. The average Bonchev–Trinajstić information content (AvgIpc) is 2.67. The highest BCUT2D eigenvalue weighted by Crippen LogP contribution is 2.23. The van der Waals surface area contributed by atoms with E-state index in [1.165, 1.54) is 11.8 Å². The van der Waals surface area contributed by atoms with Crippen LogP contribution in [0.4, 0.5) is 0 Å². The summed E-state index contributed by atoms with van der Waals surface area (Å²) in [6.07, 6.45) is 0.866. The van der Waals surface area contributed by atoms with E-state index in [9.17, 15) is 9.59 Å². The molecule has 0 saturated carbocycles. The fourth-order valence-electron chi connectivity index (χ4n) is 2.96. The number of para-hydroxylation sites is 1. The lowest BCUT2D eigenvalue weighted by Gasteiger charge is -2.19. The first-order chi connectivity index (χ1) is 13.0. The van der Waals surface area contributed by atoms with Crippen LogP contribution in [0.25, 0.3) is 10.9 Å². The molecule has 1 N–H and O–H groups in total. The number of nitrogens with zero attached hydrogens (tertiary/aromatic N) is 3. The van der Waals surface area contributed by atoms with E-state index in [1.807, 2.05) is 38.1 Å². The predicted octanol–water partition coefficient (Wildman–Crippen LogP) is 2.75. The summed E-state index contributed by atoms with van der Waals surface area (Å²) < 4.78 is 1.73. The summed E-state index contributed by atoms with van der Waals surface area (Å²) in [6.45, 7) is 12.1. The van der Waals surface area contributed by atoms with Gasteiger partial charge in [0.2, 0.25) is 5.91 Å². The molecule has 0 aliphatic heterocycles. The maximum Gasteiger partial charge on any atom is 0.262 e. The number of thioether (sulfide) groups is 1. The van der Waals surface area contributed by atoms with Gasteiger partial charge >= 0.3 is 0 Å². The van der Waals surface area contributed by atoms with E-state index in [0.29, 0.717) is 29.1 Å². The zero-order valence-electron chi connectivity index (χ0n) is 16.7. The molecule has 2 rings (SSSR count). The number of rotatable bonds is 10. The topological polar surface area (TPSA) is 67.2 Å². The molecule has 0 spiro atoms. The van der Waals surface area contributed by atoms with Gasteiger partial charge in [-0.2, -0.15) is 0 Å². The van der Waals surface area contributed by atoms with E-state index in [-0.39, 0.29) is 16.7 Å². The first-order valence-corrected chi connectivity index (χ1v) is 10.6. The molecule has 1 amide bonds. The molecular formula is C20H30N4O2S. The first kappa shape index (κ1) is 21.4. The van der Waals surface area contributed by atoms with Crippen molar-refractivity contribution in [1.82, 2.24) is 19.8 Å². The highest BCUT2D eigenvalue weighted by molar-refractivity contribution is 8.00. The summed E-state index contributed by atoms with van der Waals surface area (Å²) in [5, 5.41) is 3.74. The smallest absolute Gasteiger partial charge is 0.262 e. The number of hydrogen-bond donors (Lipinski definition) is 1. The molecule has 7 heteroatoms. The standard InChI is InChI=1S/C20H30N4O2S/c1-5-21-18(25)15(4)27-20-22-17-12-9-8-11-16(17)19(26)24(20)14-10-13-23(6-2)7-3/h8-9,11-12,15H,5-7,10,13-14H2,1-4H3,(H,21,25)/t15-/m0/s1. The molecule has 0 saturated heterocycles. The van der Waals surface area contributed by atoms with Crippen molar-refractivity contribution < 1.29 is 4.79 Å². The lowest BCUT2D eigenvalue weighted by molar-refractivity contribution is -0.120. The highest BCUT2D eigenvalue weighted by Gasteiger charge is 2.19. The van der Waals surface area contributed by atoms with Gasteiger partial charge in [-0.05, 0) is 52.0 Å². The van der Waals surface area contributed by atoms with Gasteiger partial charge in [0.15, 0.2) is 5.16 Å². The van der Waals surface area contributed by atoms with Gasteiger partial charge in [-0.25, -0.2) is 4.98 Å². The van der Waals surface area contributed by atoms with E-state index in [2.05, 4.69) is 29.0 Å². The Morgan fingerprint density at radius 3 is 2.63 bits per heavy atom. The van der Waals surface area contributed by atoms with Gasteiger partial charge in [0.25, 0.3) is 5.56 Å². The van der Waals surface area contributed by atoms with Gasteiger partial charge in [0.05, 0.1) is 16.2 Å². The van der Waals surface area contributed by atoms with E-state index < -0.39 is 0 Å². The van der Waals surface area contributed by atoms with E-state index >= 15 is 0 Å². The molecule has 1 aromatic heterocycles. The summed E-state index contributed by atoms with van der Waals surface area (Å²) in [6, 6.07) is 7.39. The SMILES string of the molecule is CCNC(=O)[C@H](C)Sc1nc2ccccc2c(=O)n1CCCN(CC)CC. The zero-order valence-corrected chi connectivity index (χ0v) is 17.5. The Balaban J connectivity index is 2.32. The minimum atomic E-state index is -0.313. The lowest BCUT2D eigenvalue weighted by Crippen LogP contribution is -2.32. The van der Waals surface area contributed by atoms with Crippen LogP contribution in [-0.2, 0) is 11.3 Å². The number of aromatic nitrogens is 2. The average molecular weight is 391 g/mol. The van der Waals surface area contributed by atoms with Crippen LogP contribution in [0.15, 0.2) is 34.2 Å². The highest BCUT2D eigenvalue weighted by atomic mass is 32.2. The van der Waals surface area contributed by atoms with E-state index in [1.54, 1.807) is 4.57 Å². The zero-order chi connectivity index (χ0) is 19.8. The predicted molar refractivity (Wildman–Crippen MR) is 112 cm³/mol. The Hall–Kier alpha value is -1.86. The van der Waals surface area contributed by atoms with Crippen molar-refractivity contribution in [1.29, 1.82) is 0 Å². The molecular weight excluding hydrogens is 360 g/mol. The number of hydrogen-bond acceptors (Lipinski definition) is 5. The van der Waals surface area contributed by atoms with Crippen LogP contribution in [0.5, 0.6) is 0 Å². The van der Waals surface area contributed by atoms with Gasteiger partial charge in [-0.15, -0.1) is 0 Å². The molecule has 0 fully saturated rings. The van der Waals surface area contributed by atoms with Gasteiger partial charge in [-0.3, -0.25) is 14.2 Å². The monoisotopic (exact) mass is 390 g/mol. The molecule has 0 aliphatic carbocycles. The van der Waals surface area contributed by atoms with Gasteiger partial charge < -0.3 is 10.2 Å². The van der Waals surface area contributed by atoms with E-state index in [0.717, 1.165) is 26.1 Å². The number of amides is 1. The molecule has 6 nitrogen and oxygen atoms in total. The number of benzene rings is 1. The van der Waals surface area contributed by atoms with Crippen LogP contribution in [0.1, 0.15) is 34.1 Å². The Kier molecular flexibility index (Phi) is 8.31. The van der Waals surface area contributed by atoms with Gasteiger partial charge in [-0.1, -0.05) is 37.7 Å². The Morgan fingerprint density at radius 2 is 1.96 bits per heavy atom. The summed E-state index contributed by atoms with van der Waals surface area (Å²) in [5.41, 5.74) is 0.638. The van der Waals surface area contributed by atoms with Gasteiger partial charge in [0, 0.05) is 13.1 Å². The maximum absolute atomic E-state index is 13.0. The van der Waals surface area contributed by atoms with Crippen LogP contribution in [0.3, 0.4) is 0 Å². The van der Waals surface area contributed by atoms with Crippen molar-refractivity contribution in [3.05, 3.63) is 34.6 Å². The third-order valence-electron chi connectivity index (χ3n) is 4.58. The normalized spacial score (nSPS) is 12.5. The fraction of sp³-hybridized carbons (Fsp3) is 0.550. The number of carbonyl (C=O) groups is 1. The maximum atomic E-state index is 13.0. The van der Waals surface area contributed by atoms with Crippen molar-refractivity contribution in [3.8, 4) is 0 Å². The fourth-order valence-corrected chi connectivity index (χ4v) is 3.92. The van der Waals surface area contributed by atoms with Crippen molar-refractivity contribution in [3.63, 3.8) is 0 Å². The molecule has 0 aliphatic rings. The second-order valence-corrected chi connectivity index (χ2v) is 7.71. The third-order valence-corrected chi connectivity index (χ3v) is 5.67. The molecule has 148 valence electrons. The third kappa shape index (κ3) is 5.56. The number of fused-ring (bicyclic) bond motifs is 1. The Labute approximate surface area is 165 Å². The summed E-state index contributed by atoms with van der Waals surface area (Å²) >= 11 is 1.34. The van der Waals surface area contributed by atoms with Crippen LogP contribution in [0.2, 0.25) is 0 Å². The molecule has 0 bridgehead atoms. The number of carbonyl (C=O) groups excluding carboxylic acids is 1. The summed E-state index contributed by atoms with van der Waals surface area (Å²) in [7, 11) is 0. The Morgan fingerprint density at radius 1 is 1.26 bits per heavy atom. The largest absolute Gasteiger partial charge is 0.355 e. The van der Waals surface area contributed by atoms with E-state index in [4.69, 9.17) is 0 Å². The van der Waals surface area contributed by atoms with Crippen LogP contribution < -0.4 is 10.9 Å². The van der Waals surface area contributed by atoms with Crippen LogP contribution >= 0.6 is 11.8 Å². The van der Waals surface area contributed by atoms with Crippen molar-refractivity contribution in [2.24, 2.45) is 0 Å². The van der Waals surface area contributed by atoms with Crippen molar-refractivity contribution in [2.75, 3.05) is 26.2 Å². The first-order valence-electron chi connectivity index (χ1n) is 9.68. The molecule has 1 aromatic carbocycles. The van der Waals surface area contributed by atoms with Gasteiger partial charge in [0.1, 0.15) is 0 Å². The molecule has 1 atom stereocenters. The number of nitrogens with one attached hydrogen (secondary N) is 1.